The average molecular weight is 361 g/mol. The van der Waals surface area contributed by atoms with Crippen LogP contribution in [0, 0.1) is 0 Å². The van der Waals surface area contributed by atoms with Gasteiger partial charge in [0.05, 0.1) is 11.9 Å². The number of nitrogens with zero attached hydrogens (tertiary/aromatic N) is 4. The van der Waals surface area contributed by atoms with Crippen LogP contribution in [-0.4, -0.2) is 37.8 Å². The number of rotatable bonds is 7. The van der Waals surface area contributed by atoms with Gasteiger partial charge >= 0.3 is 6.18 Å². The number of aromatic nitrogens is 4. The van der Waals surface area contributed by atoms with Gasteiger partial charge in [0.25, 0.3) is 0 Å². The van der Waals surface area contributed by atoms with Crippen molar-refractivity contribution in [2.75, 3.05) is 12.3 Å². The Morgan fingerprint density at radius 2 is 2.17 bits per heavy atom. The van der Waals surface area contributed by atoms with Crippen molar-refractivity contribution < 1.29 is 18.0 Å². The fraction of sp³-hybridized carbons (Fsp3) is 0.500. The molecule has 0 saturated heterocycles. The molecule has 0 unspecified atom stereocenters. The van der Waals surface area contributed by atoms with Crippen molar-refractivity contribution in [2.45, 2.75) is 25.6 Å². The number of carbonyl (C=O) groups excluding carboxylic acids is 1. The van der Waals surface area contributed by atoms with Crippen LogP contribution in [0.3, 0.4) is 0 Å². The zero-order chi connectivity index (χ0) is 17.7. The summed E-state index contributed by atoms with van der Waals surface area (Å²) in [6.45, 7) is 0.613. The molecular formula is C14H18F3N5OS. The van der Waals surface area contributed by atoms with E-state index >= 15 is 0 Å². The number of alkyl halides is 3. The van der Waals surface area contributed by atoms with Crippen molar-refractivity contribution >= 4 is 18.5 Å². The smallest absolute Gasteiger partial charge is 0.356 e. The van der Waals surface area contributed by atoms with Crippen molar-refractivity contribution in [1.29, 1.82) is 0 Å². The van der Waals surface area contributed by atoms with E-state index < -0.39 is 11.9 Å². The summed E-state index contributed by atoms with van der Waals surface area (Å²) in [6, 6.07) is 1.01. The second kappa shape index (κ2) is 7.73. The Labute approximate surface area is 142 Å². The molecule has 1 N–H and O–H groups in total. The number of carbonyl (C=O) groups is 1. The molecule has 0 atom stereocenters. The summed E-state index contributed by atoms with van der Waals surface area (Å²) in [5.74, 6) is 0.319. The van der Waals surface area contributed by atoms with Crippen LogP contribution in [0.15, 0.2) is 18.5 Å². The summed E-state index contributed by atoms with van der Waals surface area (Å²) in [5.41, 5.74) is -0.0443. The van der Waals surface area contributed by atoms with Crippen LogP contribution < -0.4 is 5.32 Å². The highest BCUT2D eigenvalue weighted by Gasteiger charge is 2.35. The summed E-state index contributed by atoms with van der Waals surface area (Å²) < 4.78 is 41.6. The number of halogens is 3. The van der Waals surface area contributed by atoms with Crippen LogP contribution in [0.1, 0.15) is 18.5 Å². The Kier molecular flexibility index (Phi) is 5.92. The van der Waals surface area contributed by atoms with E-state index in [1.165, 1.54) is 15.6 Å². The fourth-order valence-electron chi connectivity index (χ4n) is 2.16. The Balaban J connectivity index is 2.10. The third kappa shape index (κ3) is 4.76. The van der Waals surface area contributed by atoms with E-state index in [1.54, 1.807) is 13.2 Å². The van der Waals surface area contributed by atoms with Gasteiger partial charge in [-0.05, 0) is 18.2 Å². The van der Waals surface area contributed by atoms with Crippen molar-refractivity contribution in [1.82, 2.24) is 24.9 Å². The maximum absolute atomic E-state index is 12.9. The SMILES string of the molecule is Cn1cc(-c2cc(C(F)(F)F)nn2CCCNC(=O)CCS)cn1. The predicted molar refractivity (Wildman–Crippen MR) is 85.5 cm³/mol. The Bertz CT molecular complexity index is 695. The normalized spacial score (nSPS) is 11.7. The van der Waals surface area contributed by atoms with Gasteiger partial charge in [-0.15, -0.1) is 0 Å². The Morgan fingerprint density at radius 3 is 2.75 bits per heavy atom. The molecule has 2 heterocycles. The lowest BCUT2D eigenvalue weighted by molar-refractivity contribution is -0.141. The zero-order valence-corrected chi connectivity index (χ0v) is 13.9. The summed E-state index contributed by atoms with van der Waals surface area (Å²) >= 11 is 3.96. The molecule has 0 aliphatic rings. The van der Waals surface area contributed by atoms with Gasteiger partial charge < -0.3 is 5.32 Å². The van der Waals surface area contributed by atoms with Gasteiger partial charge in [0.15, 0.2) is 5.69 Å². The van der Waals surface area contributed by atoms with Crippen molar-refractivity contribution in [3.8, 4) is 11.3 Å². The monoisotopic (exact) mass is 361 g/mol. The molecule has 2 aromatic heterocycles. The zero-order valence-electron chi connectivity index (χ0n) is 13.0. The minimum atomic E-state index is -4.51. The molecule has 2 aromatic rings. The highest BCUT2D eigenvalue weighted by molar-refractivity contribution is 7.80. The Hall–Kier alpha value is -1.97. The Morgan fingerprint density at radius 1 is 1.42 bits per heavy atom. The molecule has 10 heteroatoms. The van der Waals surface area contributed by atoms with Gasteiger partial charge in [-0.25, -0.2) is 0 Å². The molecule has 2 rings (SSSR count). The number of aryl methyl sites for hydroxylation is 2. The number of nitrogens with one attached hydrogen (secondary N) is 1. The number of amides is 1. The van der Waals surface area contributed by atoms with Crippen molar-refractivity contribution in [3.05, 3.63) is 24.2 Å². The summed E-state index contributed by atoms with van der Waals surface area (Å²) in [7, 11) is 1.69. The molecule has 24 heavy (non-hydrogen) atoms. The molecule has 0 bridgehead atoms. The third-order valence-electron chi connectivity index (χ3n) is 3.28. The summed E-state index contributed by atoms with van der Waals surface area (Å²) in [6.07, 6.45) is -0.623. The summed E-state index contributed by atoms with van der Waals surface area (Å²) in [4.78, 5) is 11.3. The predicted octanol–water partition coefficient (Wildman–Crippen LogP) is 2.13. The summed E-state index contributed by atoms with van der Waals surface area (Å²) in [5, 5.41) is 10.3. The fourth-order valence-corrected chi connectivity index (χ4v) is 2.36. The van der Waals surface area contributed by atoms with Crippen LogP contribution in [0.4, 0.5) is 13.2 Å². The van der Waals surface area contributed by atoms with Crippen LogP contribution in [0.25, 0.3) is 11.3 Å². The van der Waals surface area contributed by atoms with E-state index in [-0.39, 0.29) is 12.5 Å². The van der Waals surface area contributed by atoms with E-state index in [0.29, 0.717) is 36.4 Å². The first-order chi connectivity index (χ1) is 11.3. The molecule has 132 valence electrons. The van der Waals surface area contributed by atoms with Gasteiger partial charge in [0.1, 0.15) is 0 Å². The lowest BCUT2D eigenvalue weighted by Crippen LogP contribution is -2.25. The van der Waals surface area contributed by atoms with Gasteiger partial charge in [-0.2, -0.15) is 36.0 Å². The quantitative estimate of drug-likeness (QED) is 0.587. The van der Waals surface area contributed by atoms with Crippen molar-refractivity contribution in [2.24, 2.45) is 7.05 Å². The minimum absolute atomic E-state index is 0.131. The molecule has 6 nitrogen and oxygen atoms in total. The number of hydrogen-bond donors (Lipinski definition) is 2. The van der Waals surface area contributed by atoms with Crippen LogP contribution in [0.2, 0.25) is 0 Å². The van der Waals surface area contributed by atoms with Crippen LogP contribution >= 0.6 is 12.6 Å². The highest BCUT2D eigenvalue weighted by Crippen LogP contribution is 2.31. The third-order valence-corrected chi connectivity index (χ3v) is 3.50. The molecule has 0 aliphatic heterocycles. The first-order valence-corrected chi connectivity index (χ1v) is 7.96. The molecule has 0 aliphatic carbocycles. The first kappa shape index (κ1) is 18.4. The van der Waals surface area contributed by atoms with Gasteiger partial charge in [0.2, 0.25) is 5.91 Å². The standard InChI is InChI=1S/C14H18F3N5OS/c1-21-9-10(8-19-21)11-7-12(14(15,16)17)20-22(11)5-2-4-18-13(23)3-6-24/h7-9,24H,2-6H2,1H3,(H,18,23). The number of hydrogen-bond acceptors (Lipinski definition) is 4. The molecule has 0 radical (unpaired) electrons. The maximum atomic E-state index is 12.9. The van der Waals surface area contributed by atoms with Crippen LogP contribution in [0.5, 0.6) is 0 Å². The molecular weight excluding hydrogens is 343 g/mol. The minimum Gasteiger partial charge on any atom is -0.356 e. The van der Waals surface area contributed by atoms with E-state index in [9.17, 15) is 18.0 Å². The van der Waals surface area contributed by atoms with E-state index in [1.807, 2.05) is 0 Å². The molecule has 0 saturated carbocycles. The molecule has 0 fully saturated rings. The lowest BCUT2D eigenvalue weighted by Gasteiger charge is -2.07. The maximum Gasteiger partial charge on any atom is 0.435 e. The molecule has 0 spiro atoms. The van der Waals surface area contributed by atoms with Crippen molar-refractivity contribution in [3.63, 3.8) is 0 Å². The second-order valence-electron chi connectivity index (χ2n) is 5.22. The topological polar surface area (TPSA) is 64.7 Å². The van der Waals surface area contributed by atoms with Gasteiger partial charge in [-0.1, -0.05) is 0 Å². The van der Waals surface area contributed by atoms with E-state index in [4.69, 9.17) is 0 Å². The van der Waals surface area contributed by atoms with Gasteiger partial charge in [0, 0.05) is 38.3 Å². The highest BCUT2D eigenvalue weighted by atomic mass is 32.1. The van der Waals surface area contributed by atoms with Gasteiger partial charge in [-0.3, -0.25) is 14.2 Å². The molecule has 1 amide bonds. The first-order valence-electron chi connectivity index (χ1n) is 7.33. The van der Waals surface area contributed by atoms with E-state index in [2.05, 4.69) is 28.1 Å². The second-order valence-corrected chi connectivity index (χ2v) is 5.66. The molecule has 0 aromatic carbocycles. The lowest BCUT2D eigenvalue weighted by atomic mass is 10.2. The van der Waals surface area contributed by atoms with E-state index in [0.717, 1.165) is 6.07 Å². The largest absolute Gasteiger partial charge is 0.435 e. The average Bonchev–Trinajstić information content (AvgIpc) is 3.09. The number of thiol groups is 1. The van der Waals surface area contributed by atoms with Crippen LogP contribution in [-0.2, 0) is 24.6 Å².